The van der Waals surface area contributed by atoms with Crippen molar-refractivity contribution >= 4 is 32.3 Å². The predicted molar refractivity (Wildman–Crippen MR) is 188 cm³/mol. The van der Waals surface area contributed by atoms with Crippen LogP contribution < -0.4 is 0 Å². The summed E-state index contributed by atoms with van der Waals surface area (Å²) in [5.41, 5.74) is 10.4. The second kappa shape index (κ2) is 9.70. The molecule has 1 aromatic heterocycles. The molecule has 1 aliphatic carbocycles. The molecule has 212 valence electrons. The third-order valence-electron chi connectivity index (χ3n) is 9.60. The van der Waals surface area contributed by atoms with Gasteiger partial charge in [0.25, 0.3) is 0 Å². The van der Waals surface area contributed by atoms with E-state index in [4.69, 9.17) is 9.97 Å². The topological polar surface area (TPSA) is 25.8 Å². The van der Waals surface area contributed by atoms with Crippen molar-refractivity contribution in [1.82, 2.24) is 9.97 Å². The molecule has 0 spiro atoms. The molecule has 0 radical (unpaired) electrons. The lowest BCUT2D eigenvalue weighted by Gasteiger charge is -2.24. The summed E-state index contributed by atoms with van der Waals surface area (Å²) in [6.45, 7) is 4.76. The molecule has 0 bridgehead atoms. The summed E-state index contributed by atoms with van der Waals surface area (Å²) in [7, 11) is 0. The van der Waals surface area contributed by atoms with Gasteiger partial charge in [-0.25, -0.2) is 9.97 Å². The summed E-state index contributed by atoms with van der Waals surface area (Å²) in [6, 6.07) is 52.1. The molecule has 1 aliphatic rings. The van der Waals surface area contributed by atoms with Gasteiger partial charge in [0.15, 0.2) is 5.82 Å². The number of aromatic nitrogens is 2. The highest BCUT2D eigenvalue weighted by Crippen LogP contribution is 2.55. The van der Waals surface area contributed by atoms with Gasteiger partial charge in [0.05, 0.1) is 11.4 Å². The minimum Gasteiger partial charge on any atom is -0.228 e. The average Bonchev–Trinajstić information content (AvgIpc) is 3.33. The van der Waals surface area contributed by atoms with Crippen molar-refractivity contribution in [3.63, 3.8) is 0 Å². The maximum absolute atomic E-state index is 5.10. The fourth-order valence-electron chi connectivity index (χ4n) is 7.46. The molecular formula is C43H30N2. The molecule has 2 heteroatoms. The van der Waals surface area contributed by atoms with E-state index in [1.165, 1.54) is 54.6 Å². The van der Waals surface area contributed by atoms with Gasteiger partial charge in [-0.05, 0) is 78.8 Å². The second-order valence-corrected chi connectivity index (χ2v) is 12.6. The minimum absolute atomic E-state index is 0.150. The number of hydrogen-bond donors (Lipinski definition) is 0. The molecular weight excluding hydrogens is 544 g/mol. The van der Waals surface area contributed by atoms with Gasteiger partial charge in [0.1, 0.15) is 0 Å². The normalized spacial score (nSPS) is 13.3. The van der Waals surface area contributed by atoms with Gasteiger partial charge in [-0.1, -0.05) is 135 Å². The Balaban J connectivity index is 1.25. The Morgan fingerprint density at radius 1 is 0.444 bits per heavy atom. The molecule has 0 fully saturated rings. The second-order valence-electron chi connectivity index (χ2n) is 12.6. The van der Waals surface area contributed by atoms with E-state index in [0.29, 0.717) is 0 Å². The van der Waals surface area contributed by atoms with Crippen LogP contribution in [-0.4, -0.2) is 9.97 Å². The Bertz CT molecular complexity index is 2380. The maximum atomic E-state index is 5.10. The molecule has 1 heterocycles. The molecule has 0 saturated carbocycles. The molecule has 0 amide bonds. The molecule has 0 saturated heterocycles. The van der Waals surface area contributed by atoms with Crippen LogP contribution >= 0.6 is 0 Å². The average molecular weight is 575 g/mol. The quantitative estimate of drug-likeness (QED) is 0.196. The van der Waals surface area contributed by atoms with Gasteiger partial charge in [0.2, 0.25) is 0 Å². The van der Waals surface area contributed by atoms with Crippen molar-refractivity contribution in [2.75, 3.05) is 0 Å². The van der Waals surface area contributed by atoms with Crippen LogP contribution in [0, 0.1) is 0 Å². The zero-order chi connectivity index (χ0) is 30.1. The van der Waals surface area contributed by atoms with Crippen LogP contribution in [0.25, 0.3) is 77.3 Å². The van der Waals surface area contributed by atoms with Crippen molar-refractivity contribution in [2.45, 2.75) is 19.3 Å². The van der Waals surface area contributed by atoms with E-state index >= 15 is 0 Å². The minimum atomic E-state index is -0.150. The van der Waals surface area contributed by atoms with E-state index in [2.05, 4.69) is 147 Å². The lowest BCUT2D eigenvalue weighted by molar-refractivity contribution is 0.667. The van der Waals surface area contributed by atoms with Crippen molar-refractivity contribution in [3.8, 4) is 45.0 Å². The van der Waals surface area contributed by atoms with E-state index in [-0.39, 0.29) is 5.41 Å². The summed E-state index contributed by atoms with van der Waals surface area (Å²) >= 11 is 0. The summed E-state index contributed by atoms with van der Waals surface area (Å²) in [5, 5.41) is 7.74. The number of rotatable bonds is 3. The fraction of sp³-hybridized carbons (Fsp3) is 0.0698. The Labute approximate surface area is 262 Å². The summed E-state index contributed by atoms with van der Waals surface area (Å²) in [5.74, 6) is 0.733. The molecule has 45 heavy (non-hydrogen) atoms. The highest BCUT2D eigenvalue weighted by molar-refractivity contribution is 6.18. The molecule has 0 atom stereocenters. The van der Waals surface area contributed by atoms with Crippen LogP contribution in [0.2, 0.25) is 0 Å². The number of benzene rings is 7. The molecule has 8 aromatic rings. The summed E-state index contributed by atoms with van der Waals surface area (Å²) < 4.78 is 0. The predicted octanol–water partition coefficient (Wildman–Crippen LogP) is 11.2. The van der Waals surface area contributed by atoms with Crippen LogP contribution in [0.4, 0.5) is 0 Å². The number of fused-ring (bicyclic) bond motifs is 9. The van der Waals surface area contributed by atoms with Crippen molar-refractivity contribution in [3.05, 3.63) is 157 Å². The molecule has 2 nitrogen and oxygen atoms in total. The van der Waals surface area contributed by atoms with Gasteiger partial charge in [-0.15, -0.1) is 0 Å². The Morgan fingerprint density at radius 2 is 1.00 bits per heavy atom. The third kappa shape index (κ3) is 3.96. The fourth-order valence-corrected chi connectivity index (χ4v) is 7.46. The Hall–Kier alpha value is -5.60. The zero-order valence-electron chi connectivity index (χ0n) is 25.3. The third-order valence-corrected chi connectivity index (χ3v) is 9.60. The summed E-state index contributed by atoms with van der Waals surface area (Å²) in [4.78, 5) is 10.2. The Morgan fingerprint density at radius 3 is 1.64 bits per heavy atom. The molecule has 7 aromatic carbocycles. The first-order valence-electron chi connectivity index (χ1n) is 15.6. The van der Waals surface area contributed by atoms with Crippen LogP contribution in [-0.2, 0) is 5.41 Å². The SMILES string of the molecule is CC1(C)c2cc3cc(-c4nc(-c5ccccc5)cc(-c5ccccc5)n4)ccc3cc2-c2c1c1ccccc1c1ccccc21. The van der Waals surface area contributed by atoms with E-state index < -0.39 is 0 Å². The molecule has 9 rings (SSSR count). The van der Waals surface area contributed by atoms with Gasteiger partial charge in [0, 0.05) is 22.1 Å². The van der Waals surface area contributed by atoms with Crippen molar-refractivity contribution in [1.29, 1.82) is 0 Å². The monoisotopic (exact) mass is 574 g/mol. The van der Waals surface area contributed by atoms with Crippen LogP contribution in [0.3, 0.4) is 0 Å². The van der Waals surface area contributed by atoms with E-state index in [1.54, 1.807) is 0 Å². The Kier molecular flexibility index (Phi) is 5.58. The van der Waals surface area contributed by atoms with Crippen LogP contribution in [0.15, 0.2) is 146 Å². The standard InChI is InChI=1S/C43H30N2/c1-43(2)37-25-31-23-30(42-44-38(27-13-5-3-6-14-27)26-39(45-42)28-15-7-4-8-16-28)22-21-29(31)24-36(37)40-34-19-11-9-17-32(34)33-18-10-12-20-35(33)41(40)43/h3-26H,1-2H3. The first-order chi connectivity index (χ1) is 22.1. The highest BCUT2D eigenvalue weighted by Gasteiger charge is 2.38. The van der Waals surface area contributed by atoms with E-state index in [9.17, 15) is 0 Å². The van der Waals surface area contributed by atoms with Gasteiger partial charge < -0.3 is 0 Å². The smallest absolute Gasteiger partial charge is 0.160 e. The van der Waals surface area contributed by atoms with Crippen molar-refractivity contribution < 1.29 is 0 Å². The first kappa shape index (κ1) is 25.9. The number of nitrogens with zero attached hydrogens (tertiary/aromatic N) is 2. The first-order valence-corrected chi connectivity index (χ1v) is 15.6. The van der Waals surface area contributed by atoms with Gasteiger partial charge in [-0.3, -0.25) is 0 Å². The van der Waals surface area contributed by atoms with E-state index in [0.717, 1.165) is 33.9 Å². The molecule has 0 aliphatic heterocycles. The number of hydrogen-bond acceptors (Lipinski definition) is 2. The molecule has 0 unspecified atom stereocenters. The van der Waals surface area contributed by atoms with E-state index in [1.807, 2.05) is 12.1 Å². The van der Waals surface area contributed by atoms with Crippen LogP contribution in [0.1, 0.15) is 25.0 Å². The largest absolute Gasteiger partial charge is 0.228 e. The lowest BCUT2D eigenvalue weighted by atomic mass is 9.79. The lowest BCUT2D eigenvalue weighted by Crippen LogP contribution is -2.15. The summed E-state index contributed by atoms with van der Waals surface area (Å²) in [6.07, 6.45) is 0. The molecule has 0 N–H and O–H groups in total. The van der Waals surface area contributed by atoms with Crippen LogP contribution in [0.5, 0.6) is 0 Å². The highest BCUT2D eigenvalue weighted by atomic mass is 14.9. The zero-order valence-corrected chi connectivity index (χ0v) is 25.3. The van der Waals surface area contributed by atoms with Gasteiger partial charge in [-0.2, -0.15) is 0 Å². The van der Waals surface area contributed by atoms with Gasteiger partial charge >= 0.3 is 0 Å². The maximum Gasteiger partial charge on any atom is 0.160 e. The van der Waals surface area contributed by atoms with Crippen molar-refractivity contribution in [2.24, 2.45) is 0 Å².